The lowest BCUT2D eigenvalue weighted by Gasteiger charge is -2.23. The monoisotopic (exact) mass is 462 g/mol. The summed E-state index contributed by atoms with van der Waals surface area (Å²) in [5.74, 6) is 4.20. The third-order valence-electron chi connectivity index (χ3n) is 6.25. The van der Waals surface area contributed by atoms with Crippen LogP contribution in [-0.2, 0) is 4.79 Å². The van der Waals surface area contributed by atoms with Crippen molar-refractivity contribution in [3.63, 3.8) is 0 Å². The van der Waals surface area contributed by atoms with Gasteiger partial charge in [-0.1, -0.05) is 20.3 Å². The molecule has 0 aromatic rings. The van der Waals surface area contributed by atoms with E-state index in [4.69, 9.17) is 0 Å². The van der Waals surface area contributed by atoms with E-state index < -0.39 is 0 Å². The molecule has 1 saturated heterocycles. The van der Waals surface area contributed by atoms with Crippen LogP contribution in [0.25, 0.3) is 0 Å². The number of guanidine groups is 1. The normalized spacial score (nSPS) is 31.4. The lowest BCUT2D eigenvalue weighted by Crippen LogP contribution is -2.45. The van der Waals surface area contributed by atoms with Gasteiger partial charge in [0.1, 0.15) is 0 Å². The molecule has 2 aliphatic carbocycles. The van der Waals surface area contributed by atoms with Crippen LogP contribution < -0.4 is 10.6 Å². The molecular weight excluding hydrogens is 427 g/mol. The second-order valence-corrected chi connectivity index (χ2v) is 8.29. The molecule has 1 amide bonds. The summed E-state index contributed by atoms with van der Waals surface area (Å²) in [6.45, 7) is 6.61. The number of rotatable bonds is 5. The van der Waals surface area contributed by atoms with Crippen molar-refractivity contribution in [2.24, 2.45) is 28.7 Å². The van der Waals surface area contributed by atoms with Gasteiger partial charge in [0.05, 0.1) is 0 Å². The summed E-state index contributed by atoms with van der Waals surface area (Å²) in [6, 6.07) is 0.321. The summed E-state index contributed by atoms with van der Waals surface area (Å²) in [5.41, 5.74) is 0. The van der Waals surface area contributed by atoms with Crippen LogP contribution in [0.15, 0.2) is 4.99 Å². The van der Waals surface area contributed by atoms with Gasteiger partial charge in [-0.05, 0) is 49.9 Å². The number of fused-ring (bicyclic) bond motifs is 2. The predicted molar refractivity (Wildman–Crippen MR) is 113 cm³/mol. The number of carbonyl (C=O) groups is 1. The molecule has 4 atom stereocenters. The minimum atomic E-state index is 0. The Morgan fingerprint density at radius 2 is 2.04 bits per heavy atom. The number of carbonyl (C=O) groups excluding carboxylic acids is 1. The Kier molecular flexibility index (Phi) is 7.83. The van der Waals surface area contributed by atoms with Crippen molar-refractivity contribution < 1.29 is 4.79 Å². The smallest absolute Gasteiger partial charge is 0.225 e. The van der Waals surface area contributed by atoms with Gasteiger partial charge in [0, 0.05) is 38.6 Å². The second-order valence-electron chi connectivity index (χ2n) is 8.29. The van der Waals surface area contributed by atoms with Gasteiger partial charge in [0.2, 0.25) is 5.91 Å². The van der Waals surface area contributed by atoms with Crippen LogP contribution in [0.3, 0.4) is 0 Å². The van der Waals surface area contributed by atoms with E-state index in [1.807, 2.05) is 25.8 Å². The summed E-state index contributed by atoms with van der Waals surface area (Å²) >= 11 is 0. The molecule has 6 heteroatoms. The lowest BCUT2D eigenvalue weighted by atomic mass is 9.86. The summed E-state index contributed by atoms with van der Waals surface area (Å²) in [6.07, 6.45) is 8.15. The Hall–Kier alpha value is -0.530. The first-order valence-electron chi connectivity index (χ1n) is 9.82. The van der Waals surface area contributed by atoms with Gasteiger partial charge in [-0.2, -0.15) is 0 Å². The third-order valence-corrected chi connectivity index (χ3v) is 6.25. The first-order chi connectivity index (χ1) is 11.6. The highest BCUT2D eigenvalue weighted by molar-refractivity contribution is 14.0. The average Bonchev–Trinajstić information content (AvgIpc) is 3.29. The molecule has 144 valence electrons. The minimum Gasteiger partial charge on any atom is -0.356 e. The summed E-state index contributed by atoms with van der Waals surface area (Å²) in [7, 11) is 1.83. The molecule has 3 fully saturated rings. The third kappa shape index (κ3) is 5.23. The predicted octanol–water partition coefficient (Wildman–Crippen LogP) is 2.85. The van der Waals surface area contributed by atoms with E-state index in [9.17, 15) is 4.79 Å². The van der Waals surface area contributed by atoms with Crippen LogP contribution >= 0.6 is 24.0 Å². The lowest BCUT2D eigenvalue weighted by molar-refractivity contribution is -0.133. The second kappa shape index (κ2) is 9.42. The maximum atomic E-state index is 12.1. The maximum absolute atomic E-state index is 12.1. The number of halogens is 1. The summed E-state index contributed by atoms with van der Waals surface area (Å²) in [5, 5.41) is 6.98. The van der Waals surface area contributed by atoms with Crippen LogP contribution in [-0.4, -0.2) is 49.5 Å². The van der Waals surface area contributed by atoms with Crippen LogP contribution in [0, 0.1) is 23.7 Å². The van der Waals surface area contributed by atoms with Crippen LogP contribution in [0.2, 0.25) is 0 Å². The van der Waals surface area contributed by atoms with Gasteiger partial charge in [-0.3, -0.25) is 9.79 Å². The largest absolute Gasteiger partial charge is 0.356 e. The number of hydrogen-bond donors (Lipinski definition) is 2. The number of amides is 1. The van der Waals surface area contributed by atoms with Gasteiger partial charge < -0.3 is 15.5 Å². The van der Waals surface area contributed by atoms with Crippen molar-refractivity contribution in [1.82, 2.24) is 15.5 Å². The Balaban J connectivity index is 0.00000225. The van der Waals surface area contributed by atoms with Gasteiger partial charge in [0.25, 0.3) is 0 Å². The zero-order valence-electron chi connectivity index (χ0n) is 16.0. The highest BCUT2D eigenvalue weighted by Gasteiger charge is 2.38. The molecule has 2 bridgehead atoms. The van der Waals surface area contributed by atoms with Crippen molar-refractivity contribution in [2.45, 2.75) is 58.4 Å². The van der Waals surface area contributed by atoms with E-state index in [2.05, 4.69) is 15.6 Å². The van der Waals surface area contributed by atoms with Crippen LogP contribution in [0.1, 0.15) is 52.4 Å². The molecule has 2 N–H and O–H groups in total. The fraction of sp³-hybridized carbons (Fsp3) is 0.895. The van der Waals surface area contributed by atoms with Gasteiger partial charge in [-0.15, -0.1) is 24.0 Å². The minimum absolute atomic E-state index is 0. The van der Waals surface area contributed by atoms with E-state index in [0.717, 1.165) is 49.8 Å². The first kappa shape index (κ1) is 20.8. The van der Waals surface area contributed by atoms with E-state index in [1.165, 1.54) is 32.1 Å². The van der Waals surface area contributed by atoms with Crippen molar-refractivity contribution in [3.05, 3.63) is 0 Å². The molecule has 0 aromatic heterocycles. The van der Waals surface area contributed by atoms with Crippen molar-refractivity contribution >= 4 is 35.8 Å². The fourth-order valence-corrected chi connectivity index (χ4v) is 4.94. The Bertz CT molecular complexity index is 482. The molecule has 0 aromatic carbocycles. The number of nitrogens with zero attached hydrogens (tertiary/aromatic N) is 2. The number of likely N-dealkylation sites (tertiary alicyclic amines) is 1. The molecule has 5 nitrogen and oxygen atoms in total. The van der Waals surface area contributed by atoms with Gasteiger partial charge in [0.15, 0.2) is 5.96 Å². The van der Waals surface area contributed by atoms with Crippen LogP contribution in [0.5, 0.6) is 0 Å². The summed E-state index contributed by atoms with van der Waals surface area (Å²) in [4.78, 5) is 18.4. The Morgan fingerprint density at radius 3 is 2.64 bits per heavy atom. The molecule has 0 spiro atoms. The molecule has 0 radical (unpaired) electrons. The van der Waals surface area contributed by atoms with E-state index >= 15 is 0 Å². The Labute approximate surface area is 169 Å². The highest BCUT2D eigenvalue weighted by atomic mass is 127. The van der Waals surface area contributed by atoms with Gasteiger partial charge in [-0.25, -0.2) is 0 Å². The quantitative estimate of drug-likeness (QED) is 0.376. The van der Waals surface area contributed by atoms with Crippen molar-refractivity contribution in [2.75, 3.05) is 26.7 Å². The highest BCUT2D eigenvalue weighted by Crippen LogP contribution is 2.49. The maximum Gasteiger partial charge on any atom is 0.225 e. The average molecular weight is 462 g/mol. The SMILES string of the molecule is CN=C(NCCC1CC2CCC1C2)NC1CCN(C(=O)C(C)C)C1.I. The first-order valence-corrected chi connectivity index (χ1v) is 9.82. The number of nitrogens with one attached hydrogen (secondary N) is 2. The van der Waals surface area contributed by atoms with Crippen LogP contribution in [0.4, 0.5) is 0 Å². The molecule has 3 aliphatic rings. The standard InChI is InChI=1S/C19H34N4O.HI/c1-13(2)18(24)23-9-7-17(12-23)22-19(20-3)21-8-6-16-11-14-4-5-15(16)10-14;/h13-17H,4-12H2,1-3H3,(H2,20,21,22);1H. The molecule has 1 heterocycles. The zero-order chi connectivity index (χ0) is 17.1. The topological polar surface area (TPSA) is 56.7 Å². The number of aliphatic imine (C=N–C) groups is 1. The summed E-state index contributed by atoms with van der Waals surface area (Å²) < 4.78 is 0. The van der Waals surface area contributed by atoms with Crippen molar-refractivity contribution in [1.29, 1.82) is 0 Å². The molecule has 4 unspecified atom stereocenters. The van der Waals surface area contributed by atoms with E-state index in [0.29, 0.717) is 6.04 Å². The number of hydrogen-bond acceptors (Lipinski definition) is 2. The Morgan fingerprint density at radius 1 is 1.24 bits per heavy atom. The van der Waals surface area contributed by atoms with Crippen molar-refractivity contribution in [3.8, 4) is 0 Å². The van der Waals surface area contributed by atoms with Gasteiger partial charge >= 0.3 is 0 Å². The molecule has 2 saturated carbocycles. The van der Waals surface area contributed by atoms with E-state index in [1.54, 1.807) is 0 Å². The molecule has 1 aliphatic heterocycles. The molecule has 25 heavy (non-hydrogen) atoms. The molecule has 3 rings (SSSR count). The fourth-order valence-electron chi connectivity index (χ4n) is 4.94. The zero-order valence-corrected chi connectivity index (χ0v) is 18.3. The van der Waals surface area contributed by atoms with E-state index in [-0.39, 0.29) is 35.8 Å². The molecular formula is C19H35IN4O.